The highest BCUT2D eigenvalue weighted by Crippen LogP contribution is 2.14. The van der Waals surface area contributed by atoms with Crippen molar-refractivity contribution < 1.29 is 5.11 Å². The lowest BCUT2D eigenvalue weighted by Crippen LogP contribution is -1.92. The molecule has 0 radical (unpaired) electrons. The molecule has 54 valence electrons. The fraction of sp³-hybridized carbons (Fsp3) is 0.125. The Kier molecular flexibility index (Phi) is 2.28. The van der Waals surface area contributed by atoms with Crippen LogP contribution in [0, 0.1) is 24.7 Å². The highest BCUT2D eigenvalue weighted by Gasteiger charge is 2.06. The Morgan fingerprint density at radius 3 is 2.82 bits per heavy atom. The Morgan fingerprint density at radius 1 is 1.64 bits per heavy atom. The molecule has 1 atom stereocenters. The molecular weight excluding hydrogens is 158 g/mol. The van der Waals surface area contributed by atoms with Gasteiger partial charge in [0, 0.05) is 5.38 Å². The maximum atomic E-state index is 9.08. The lowest BCUT2D eigenvalue weighted by atomic mass is 10.3. The topological polar surface area (TPSA) is 33.1 Å². The van der Waals surface area contributed by atoms with E-state index in [1.807, 2.05) is 0 Å². The largest absolute Gasteiger partial charge is 0.374 e. The fourth-order valence-corrected chi connectivity index (χ4v) is 1.20. The maximum Gasteiger partial charge on any atom is 0.166 e. The first kappa shape index (κ1) is 7.81. The average Bonchev–Trinajstić information content (AvgIpc) is 2.50. The van der Waals surface area contributed by atoms with Crippen LogP contribution in [-0.4, -0.2) is 10.1 Å². The molecule has 0 spiro atoms. The van der Waals surface area contributed by atoms with Gasteiger partial charge in [-0.3, -0.25) is 0 Å². The molecule has 1 heterocycles. The maximum absolute atomic E-state index is 9.08. The van der Waals surface area contributed by atoms with Crippen molar-refractivity contribution in [1.82, 2.24) is 4.98 Å². The van der Waals surface area contributed by atoms with Crippen LogP contribution in [0.3, 0.4) is 0 Å². The highest BCUT2D eigenvalue weighted by molar-refractivity contribution is 7.10. The Hall–Kier alpha value is -1.29. The summed E-state index contributed by atoms with van der Waals surface area (Å²) in [6.45, 7) is 0. The predicted octanol–water partition coefficient (Wildman–Crippen LogP) is 0.791. The van der Waals surface area contributed by atoms with E-state index in [9.17, 15) is 0 Å². The van der Waals surface area contributed by atoms with Crippen molar-refractivity contribution in [3.8, 4) is 24.7 Å². The molecule has 1 aromatic rings. The van der Waals surface area contributed by atoms with E-state index in [0.717, 1.165) is 0 Å². The predicted molar refractivity (Wildman–Crippen MR) is 43.8 cm³/mol. The number of nitrogens with zero attached hydrogens (tertiary/aromatic N) is 1. The van der Waals surface area contributed by atoms with Crippen LogP contribution in [-0.2, 0) is 0 Å². The smallest absolute Gasteiger partial charge is 0.166 e. The van der Waals surface area contributed by atoms with Crippen molar-refractivity contribution in [2.45, 2.75) is 6.10 Å². The van der Waals surface area contributed by atoms with Crippen molar-refractivity contribution in [1.29, 1.82) is 0 Å². The number of hydrogen-bond acceptors (Lipinski definition) is 3. The summed E-state index contributed by atoms with van der Waals surface area (Å²) < 4.78 is 0. The number of hydrogen-bond donors (Lipinski definition) is 1. The Balaban J connectivity index is 2.93. The molecule has 1 unspecified atom stereocenters. The molecule has 11 heavy (non-hydrogen) atoms. The molecule has 1 aromatic heterocycles. The van der Waals surface area contributed by atoms with Crippen LogP contribution in [0.4, 0.5) is 0 Å². The zero-order valence-corrected chi connectivity index (χ0v) is 6.43. The van der Waals surface area contributed by atoms with Crippen LogP contribution < -0.4 is 0 Å². The lowest BCUT2D eigenvalue weighted by Gasteiger charge is -1.94. The molecule has 0 amide bonds. The molecule has 0 saturated heterocycles. The van der Waals surface area contributed by atoms with E-state index in [2.05, 4.69) is 16.8 Å². The van der Waals surface area contributed by atoms with Crippen molar-refractivity contribution in [2.75, 3.05) is 0 Å². The van der Waals surface area contributed by atoms with Crippen molar-refractivity contribution in [3.05, 3.63) is 16.1 Å². The molecule has 0 saturated carbocycles. The molecule has 1 N–H and O–H groups in total. The van der Waals surface area contributed by atoms with Gasteiger partial charge in [-0.1, -0.05) is 5.92 Å². The third kappa shape index (κ3) is 1.59. The third-order valence-electron chi connectivity index (χ3n) is 1.08. The second-order valence-electron chi connectivity index (χ2n) is 1.79. The van der Waals surface area contributed by atoms with Crippen LogP contribution in [0.5, 0.6) is 0 Å². The van der Waals surface area contributed by atoms with Crippen LogP contribution in [0.15, 0.2) is 5.38 Å². The minimum absolute atomic E-state index is 0.449. The quantitative estimate of drug-likeness (QED) is 0.621. The molecular formula is C8H5NOS. The fourth-order valence-electron chi connectivity index (χ4n) is 0.563. The van der Waals surface area contributed by atoms with Gasteiger partial charge in [0.1, 0.15) is 0 Å². The molecule has 0 aliphatic rings. The zero-order chi connectivity index (χ0) is 8.27. The zero-order valence-electron chi connectivity index (χ0n) is 5.61. The highest BCUT2D eigenvalue weighted by atomic mass is 32.1. The summed E-state index contributed by atoms with van der Waals surface area (Å²) in [5.74, 6) is 4.50. The monoisotopic (exact) mass is 163 g/mol. The Labute approximate surface area is 68.9 Å². The van der Waals surface area contributed by atoms with Gasteiger partial charge in [0.05, 0.1) is 5.69 Å². The van der Waals surface area contributed by atoms with Gasteiger partial charge in [0.2, 0.25) is 0 Å². The van der Waals surface area contributed by atoms with E-state index in [1.54, 1.807) is 5.38 Å². The summed E-state index contributed by atoms with van der Waals surface area (Å²) in [5, 5.41) is 11.3. The van der Waals surface area contributed by atoms with Crippen LogP contribution in [0.1, 0.15) is 16.8 Å². The molecule has 2 nitrogen and oxygen atoms in total. The SMILES string of the molecule is C#Cc1nc(C(O)C#C)cs1. The summed E-state index contributed by atoms with van der Waals surface area (Å²) in [7, 11) is 0. The Morgan fingerprint density at radius 2 is 2.36 bits per heavy atom. The number of aromatic nitrogens is 1. The first-order valence-electron chi connectivity index (χ1n) is 2.84. The van der Waals surface area contributed by atoms with Gasteiger partial charge in [-0.05, 0) is 5.92 Å². The first-order valence-corrected chi connectivity index (χ1v) is 3.72. The van der Waals surface area contributed by atoms with E-state index < -0.39 is 6.10 Å². The van der Waals surface area contributed by atoms with Gasteiger partial charge in [0.15, 0.2) is 11.1 Å². The molecule has 0 aromatic carbocycles. The van der Waals surface area contributed by atoms with E-state index >= 15 is 0 Å². The first-order chi connectivity index (χ1) is 5.27. The second-order valence-corrected chi connectivity index (χ2v) is 2.65. The summed E-state index contributed by atoms with van der Waals surface area (Å²) in [6.07, 6.45) is 9.10. The lowest BCUT2D eigenvalue weighted by molar-refractivity contribution is 0.234. The minimum atomic E-state index is -0.937. The summed E-state index contributed by atoms with van der Waals surface area (Å²) in [6, 6.07) is 0. The second kappa shape index (κ2) is 3.21. The van der Waals surface area contributed by atoms with Crippen LogP contribution >= 0.6 is 11.3 Å². The summed E-state index contributed by atoms with van der Waals surface area (Å²) in [5.41, 5.74) is 0.449. The normalized spacial score (nSPS) is 11.5. The summed E-state index contributed by atoms with van der Waals surface area (Å²) in [4.78, 5) is 3.89. The van der Waals surface area contributed by atoms with Crippen molar-refractivity contribution in [2.24, 2.45) is 0 Å². The van der Waals surface area contributed by atoms with Gasteiger partial charge in [0.25, 0.3) is 0 Å². The molecule has 0 bridgehead atoms. The van der Waals surface area contributed by atoms with Gasteiger partial charge < -0.3 is 5.11 Å². The standard InChI is InChI=1S/C8H5NOS/c1-3-7(10)6-5-11-8(4-2)9-6/h1-2,5,7,10H. The van der Waals surface area contributed by atoms with Crippen LogP contribution in [0.25, 0.3) is 0 Å². The van der Waals surface area contributed by atoms with Crippen molar-refractivity contribution >= 4 is 11.3 Å². The molecule has 3 heteroatoms. The summed E-state index contributed by atoms with van der Waals surface area (Å²) >= 11 is 1.29. The third-order valence-corrected chi connectivity index (χ3v) is 1.88. The van der Waals surface area contributed by atoms with Crippen molar-refractivity contribution in [3.63, 3.8) is 0 Å². The molecule has 0 aliphatic heterocycles. The van der Waals surface area contributed by atoms with E-state index in [1.165, 1.54) is 11.3 Å². The van der Waals surface area contributed by atoms with Crippen LogP contribution in [0.2, 0.25) is 0 Å². The van der Waals surface area contributed by atoms with E-state index in [-0.39, 0.29) is 0 Å². The van der Waals surface area contributed by atoms with Gasteiger partial charge in [-0.15, -0.1) is 24.2 Å². The Bertz CT molecular complexity index is 329. The average molecular weight is 163 g/mol. The number of thiazole rings is 1. The molecule has 1 rings (SSSR count). The van der Waals surface area contributed by atoms with Gasteiger partial charge >= 0.3 is 0 Å². The number of terminal acetylenes is 2. The number of aliphatic hydroxyl groups is 1. The number of rotatable bonds is 1. The minimum Gasteiger partial charge on any atom is -0.374 e. The number of aliphatic hydroxyl groups excluding tert-OH is 1. The molecule has 0 fully saturated rings. The molecule has 0 aliphatic carbocycles. The van der Waals surface area contributed by atoms with E-state index in [4.69, 9.17) is 18.0 Å². The van der Waals surface area contributed by atoms with Gasteiger partial charge in [-0.25, -0.2) is 4.98 Å². The van der Waals surface area contributed by atoms with Gasteiger partial charge in [-0.2, -0.15) is 0 Å². The van der Waals surface area contributed by atoms with E-state index in [0.29, 0.717) is 10.7 Å².